The number of nitrogen functional groups attached to an aromatic ring is 1. The van der Waals surface area contributed by atoms with Gasteiger partial charge in [-0.25, -0.2) is 9.97 Å². The lowest BCUT2D eigenvalue weighted by Gasteiger charge is -2.17. The Morgan fingerprint density at radius 3 is 2.26 bits per heavy atom. The summed E-state index contributed by atoms with van der Waals surface area (Å²) >= 11 is 6.12. The van der Waals surface area contributed by atoms with E-state index in [-0.39, 0.29) is 0 Å². The lowest BCUT2D eigenvalue weighted by Crippen LogP contribution is -2.10. The SMILES string of the molecule is CCOCn1c(CCC(C)CCl)nc2c(N)nc3ccc(Cc4ccccc4)c(Cc4ccccc4)c3c21. The van der Waals surface area contributed by atoms with Crippen LogP contribution in [0.25, 0.3) is 21.9 Å². The van der Waals surface area contributed by atoms with Crippen LogP contribution in [0.1, 0.15) is 48.3 Å². The summed E-state index contributed by atoms with van der Waals surface area (Å²) in [5.41, 5.74) is 14.2. The van der Waals surface area contributed by atoms with Crippen LogP contribution in [0, 0.1) is 5.92 Å². The second kappa shape index (κ2) is 12.0. The molecule has 2 aromatic heterocycles. The molecule has 2 N–H and O–H groups in total. The standard InChI is InChI=1S/C32H35ClN4O/c1-3-38-21-37-28(17-14-22(2)20-33)36-30-31(37)29-26(19-24-12-8-5-9-13-24)25(15-16-27(29)35-32(30)34)18-23-10-6-4-7-11-23/h4-13,15-16,22H,3,14,17-21H2,1-2H3,(H2,34,35). The summed E-state index contributed by atoms with van der Waals surface area (Å²) in [7, 11) is 0. The summed E-state index contributed by atoms with van der Waals surface area (Å²) < 4.78 is 8.18. The first-order valence-corrected chi connectivity index (χ1v) is 13.9. The highest BCUT2D eigenvalue weighted by molar-refractivity contribution is 6.18. The van der Waals surface area contributed by atoms with Gasteiger partial charge in [-0.1, -0.05) is 73.7 Å². The van der Waals surface area contributed by atoms with E-state index in [9.17, 15) is 0 Å². The first kappa shape index (κ1) is 26.2. The Morgan fingerprint density at radius 2 is 1.61 bits per heavy atom. The fraction of sp³-hybridized carbons (Fsp3) is 0.312. The molecule has 0 aliphatic rings. The lowest BCUT2D eigenvalue weighted by molar-refractivity contribution is 0.0885. The molecule has 6 heteroatoms. The molecule has 3 aromatic carbocycles. The lowest BCUT2D eigenvalue weighted by atomic mass is 9.91. The van der Waals surface area contributed by atoms with Gasteiger partial charge in [0.25, 0.3) is 0 Å². The van der Waals surface area contributed by atoms with Crippen molar-refractivity contribution < 1.29 is 4.74 Å². The minimum atomic E-state index is 0.398. The fourth-order valence-corrected chi connectivity index (χ4v) is 5.25. The van der Waals surface area contributed by atoms with E-state index in [1.54, 1.807) is 0 Å². The second-order valence-electron chi connectivity index (χ2n) is 9.99. The third-order valence-electron chi connectivity index (χ3n) is 7.16. The largest absolute Gasteiger partial charge is 0.382 e. The van der Waals surface area contributed by atoms with Crippen molar-refractivity contribution in [2.75, 3.05) is 18.2 Å². The zero-order valence-electron chi connectivity index (χ0n) is 22.2. The number of hydrogen-bond acceptors (Lipinski definition) is 4. The normalized spacial score (nSPS) is 12.4. The van der Waals surface area contributed by atoms with Crippen molar-refractivity contribution in [3.63, 3.8) is 0 Å². The van der Waals surface area contributed by atoms with Gasteiger partial charge < -0.3 is 15.0 Å². The third kappa shape index (κ3) is 5.54. The topological polar surface area (TPSA) is 66.0 Å². The van der Waals surface area contributed by atoms with Crippen molar-refractivity contribution >= 4 is 39.4 Å². The number of ether oxygens (including phenoxy) is 1. The Kier molecular flexibility index (Phi) is 8.26. The van der Waals surface area contributed by atoms with E-state index in [0.717, 1.165) is 53.4 Å². The minimum absolute atomic E-state index is 0.398. The molecule has 0 amide bonds. The maximum atomic E-state index is 6.53. The van der Waals surface area contributed by atoms with Crippen molar-refractivity contribution in [2.24, 2.45) is 5.92 Å². The summed E-state index contributed by atoms with van der Waals surface area (Å²) in [6, 6.07) is 25.5. The molecular formula is C32H35ClN4O. The summed E-state index contributed by atoms with van der Waals surface area (Å²) in [5, 5.41) is 1.11. The maximum absolute atomic E-state index is 6.53. The molecule has 1 atom stereocenters. The van der Waals surface area contributed by atoms with E-state index >= 15 is 0 Å². The molecule has 0 spiro atoms. The molecule has 0 radical (unpaired) electrons. The molecule has 5 rings (SSSR count). The number of nitrogens with two attached hydrogens (primary N) is 1. The molecule has 0 saturated heterocycles. The van der Waals surface area contributed by atoms with E-state index in [1.807, 2.05) is 6.92 Å². The zero-order valence-corrected chi connectivity index (χ0v) is 22.9. The summed E-state index contributed by atoms with van der Waals surface area (Å²) in [4.78, 5) is 9.88. The Hall–Kier alpha value is -3.41. The molecule has 0 aliphatic heterocycles. The number of alkyl halides is 1. The van der Waals surface area contributed by atoms with Gasteiger partial charge in [-0.15, -0.1) is 11.6 Å². The number of aryl methyl sites for hydroxylation is 1. The van der Waals surface area contributed by atoms with Crippen molar-refractivity contribution in [2.45, 2.75) is 46.3 Å². The highest BCUT2D eigenvalue weighted by Gasteiger charge is 2.22. The number of imidazole rings is 1. The zero-order chi connectivity index (χ0) is 26.5. The van der Waals surface area contributed by atoms with Crippen molar-refractivity contribution in [3.05, 3.63) is 101 Å². The molecule has 196 valence electrons. The molecule has 38 heavy (non-hydrogen) atoms. The van der Waals surface area contributed by atoms with Crippen LogP contribution in [0.2, 0.25) is 0 Å². The molecule has 0 fully saturated rings. The van der Waals surface area contributed by atoms with E-state index in [1.165, 1.54) is 22.3 Å². The monoisotopic (exact) mass is 526 g/mol. The second-order valence-corrected chi connectivity index (χ2v) is 10.3. The van der Waals surface area contributed by atoms with E-state index in [0.29, 0.717) is 31.0 Å². The maximum Gasteiger partial charge on any atom is 0.152 e. The van der Waals surface area contributed by atoms with E-state index in [4.69, 9.17) is 32.0 Å². The number of rotatable bonds is 11. The number of anilines is 1. The number of pyridine rings is 1. The quantitative estimate of drug-likeness (QED) is 0.186. The smallest absolute Gasteiger partial charge is 0.152 e. The highest BCUT2D eigenvalue weighted by Crippen LogP contribution is 2.35. The molecule has 1 unspecified atom stereocenters. The summed E-state index contributed by atoms with van der Waals surface area (Å²) in [6.45, 7) is 5.22. The Balaban J connectivity index is 1.77. The van der Waals surface area contributed by atoms with E-state index < -0.39 is 0 Å². The molecule has 2 heterocycles. The molecular weight excluding hydrogens is 492 g/mol. The molecule has 0 saturated carbocycles. The van der Waals surface area contributed by atoms with Gasteiger partial charge in [-0.05, 0) is 60.4 Å². The average Bonchev–Trinajstić information content (AvgIpc) is 3.31. The van der Waals surface area contributed by atoms with Crippen LogP contribution in [-0.2, 0) is 30.7 Å². The van der Waals surface area contributed by atoms with Crippen LogP contribution < -0.4 is 5.73 Å². The van der Waals surface area contributed by atoms with Crippen molar-refractivity contribution in [3.8, 4) is 0 Å². The van der Waals surface area contributed by atoms with Crippen LogP contribution in [0.5, 0.6) is 0 Å². The summed E-state index contributed by atoms with van der Waals surface area (Å²) in [6.07, 6.45) is 3.37. The number of halogens is 1. The van der Waals surface area contributed by atoms with Gasteiger partial charge in [-0.3, -0.25) is 0 Å². The Labute approximate surface area is 229 Å². The Morgan fingerprint density at radius 1 is 0.921 bits per heavy atom. The Bertz CT molecular complexity index is 1520. The molecule has 0 aliphatic carbocycles. The third-order valence-corrected chi connectivity index (χ3v) is 7.69. The number of hydrogen-bond donors (Lipinski definition) is 1. The predicted molar refractivity (Wildman–Crippen MR) is 158 cm³/mol. The first-order valence-electron chi connectivity index (χ1n) is 13.4. The number of benzene rings is 3. The minimum Gasteiger partial charge on any atom is -0.382 e. The van der Waals surface area contributed by atoms with Gasteiger partial charge in [-0.2, -0.15) is 0 Å². The van der Waals surface area contributed by atoms with Crippen molar-refractivity contribution in [1.29, 1.82) is 0 Å². The van der Waals surface area contributed by atoms with E-state index in [2.05, 4.69) is 84.3 Å². The van der Waals surface area contributed by atoms with Gasteiger partial charge in [0.05, 0.1) is 11.0 Å². The molecule has 5 aromatic rings. The summed E-state index contributed by atoms with van der Waals surface area (Å²) in [5.74, 6) is 2.44. The van der Waals surface area contributed by atoms with Crippen LogP contribution in [0.3, 0.4) is 0 Å². The van der Waals surface area contributed by atoms with Gasteiger partial charge in [0, 0.05) is 24.3 Å². The number of aromatic nitrogens is 3. The fourth-order valence-electron chi connectivity index (χ4n) is 5.10. The van der Waals surface area contributed by atoms with Crippen LogP contribution in [-0.4, -0.2) is 27.0 Å². The van der Waals surface area contributed by atoms with Gasteiger partial charge in [0.2, 0.25) is 0 Å². The van der Waals surface area contributed by atoms with Gasteiger partial charge in [0.15, 0.2) is 5.82 Å². The average molecular weight is 527 g/mol. The number of nitrogens with zero attached hydrogens (tertiary/aromatic N) is 3. The highest BCUT2D eigenvalue weighted by atomic mass is 35.5. The molecule has 0 bridgehead atoms. The van der Waals surface area contributed by atoms with Crippen LogP contribution in [0.15, 0.2) is 72.8 Å². The van der Waals surface area contributed by atoms with Gasteiger partial charge in [0.1, 0.15) is 18.1 Å². The number of fused-ring (bicyclic) bond motifs is 3. The predicted octanol–water partition coefficient (Wildman–Crippen LogP) is 7.15. The molecule has 5 nitrogen and oxygen atoms in total. The van der Waals surface area contributed by atoms with Crippen LogP contribution >= 0.6 is 11.6 Å². The van der Waals surface area contributed by atoms with Crippen LogP contribution in [0.4, 0.5) is 5.82 Å². The van der Waals surface area contributed by atoms with Crippen molar-refractivity contribution in [1.82, 2.24) is 14.5 Å². The first-order chi connectivity index (χ1) is 18.6. The van der Waals surface area contributed by atoms with Gasteiger partial charge >= 0.3 is 0 Å².